The molecular weight excluding hydrogens is 208 g/mol. The van der Waals surface area contributed by atoms with E-state index in [1.807, 2.05) is 12.1 Å². The molecular formula is C12H14O4. The Balaban J connectivity index is 2.09. The fourth-order valence-corrected chi connectivity index (χ4v) is 1.63. The minimum absolute atomic E-state index is 0.448. The summed E-state index contributed by atoms with van der Waals surface area (Å²) in [5.41, 5.74) is 1.72. The largest absolute Gasteiger partial charge is 0.467 e. The van der Waals surface area contributed by atoms with Gasteiger partial charge >= 0.3 is 5.97 Å². The first-order valence-electron chi connectivity index (χ1n) is 5.16. The van der Waals surface area contributed by atoms with Crippen LogP contribution in [-0.2, 0) is 14.3 Å². The highest BCUT2D eigenvalue weighted by atomic mass is 16.5. The molecule has 0 radical (unpaired) electrons. The number of aliphatic hydroxyl groups is 1. The van der Waals surface area contributed by atoms with Crippen LogP contribution in [0.1, 0.15) is 23.1 Å². The van der Waals surface area contributed by atoms with E-state index in [2.05, 4.69) is 4.74 Å². The number of aliphatic hydroxyl groups excluding tert-OH is 1. The molecule has 0 saturated carbocycles. The standard InChI is InChI=1S/C12H14O4/c1-15-12(14)11(13)9-4-2-8(3-5-9)10-6-16-7-10/h2-5,10-11,13H,6-7H2,1H3. The molecule has 1 aliphatic rings. The highest BCUT2D eigenvalue weighted by Crippen LogP contribution is 2.25. The van der Waals surface area contributed by atoms with Crippen molar-refractivity contribution < 1.29 is 19.4 Å². The topological polar surface area (TPSA) is 55.8 Å². The van der Waals surface area contributed by atoms with Crippen molar-refractivity contribution in [1.29, 1.82) is 0 Å². The zero-order chi connectivity index (χ0) is 11.5. The summed E-state index contributed by atoms with van der Waals surface area (Å²) in [7, 11) is 1.26. The molecule has 1 aliphatic heterocycles. The van der Waals surface area contributed by atoms with E-state index < -0.39 is 12.1 Å². The average molecular weight is 222 g/mol. The molecule has 1 unspecified atom stereocenters. The Bertz CT molecular complexity index is 367. The molecule has 1 aromatic carbocycles. The smallest absolute Gasteiger partial charge is 0.339 e. The van der Waals surface area contributed by atoms with E-state index in [0.29, 0.717) is 11.5 Å². The van der Waals surface area contributed by atoms with Crippen LogP contribution < -0.4 is 0 Å². The van der Waals surface area contributed by atoms with Gasteiger partial charge in [-0.3, -0.25) is 0 Å². The lowest BCUT2D eigenvalue weighted by Crippen LogP contribution is -2.25. The van der Waals surface area contributed by atoms with Gasteiger partial charge in [-0.15, -0.1) is 0 Å². The summed E-state index contributed by atoms with van der Waals surface area (Å²) >= 11 is 0. The zero-order valence-corrected chi connectivity index (χ0v) is 9.05. The number of rotatable bonds is 3. The fraction of sp³-hybridized carbons (Fsp3) is 0.417. The molecule has 1 N–H and O–H groups in total. The van der Waals surface area contributed by atoms with Gasteiger partial charge in [0.15, 0.2) is 6.10 Å². The van der Waals surface area contributed by atoms with Crippen molar-refractivity contribution in [2.45, 2.75) is 12.0 Å². The van der Waals surface area contributed by atoms with Gasteiger partial charge in [-0.2, -0.15) is 0 Å². The first-order valence-corrected chi connectivity index (χ1v) is 5.16. The molecule has 0 amide bonds. The maximum atomic E-state index is 11.1. The van der Waals surface area contributed by atoms with Gasteiger partial charge in [0.05, 0.1) is 20.3 Å². The number of ether oxygens (including phenoxy) is 2. The number of carbonyl (C=O) groups is 1. The van der Waals surface area contributed by atoms with Crippen LogP contribution in [0.2, 0.25) is 0 Å². The van der Waals surface area contributed by atoms with Crippen molar-refractivity contribution in [2.24, 2.45) is 0 Å². The van der Waals surface area contributed by atoms with Gasteiger partial charge in [-0.05, 0) is 11.1 Å². The summed E-state index contributed by atoms with van der Waals surface area (Å²) in [6.07, 6.45) is -1.20. The van der Waals surface area contributed by atoms with Gasteiger partial charge in [0.1, 0.15) is 0 Å². The Morgan fingerprint density at radius 1 is 1.44 bits per heavy atom. The maximum absolute atomic E-state index is 11.1. The number of carbonyl (C=O) groups excluding carboxylic acids is 1. The number of benzene rings is 1. The second-order valence-corrected chi connectivity index (χ2v) is 3.83. The lowest BCUT2D eigenvalue weighted by atomic mass is 9.96. The summed E-state index contributed by atoms with van der Waals surface area (Å²) in [6.45, 7) is 1.50. The van der Waals surface area contributed by atoms with Crippen LogP contribution in [0.15, 0.2) is 24.3 Å². The lowest BCUT2D eigenvalue weighted by molar-refractivity contribution is -0.150. The summed E-state index contributed by atoms with van der Waals surface area (Å²) in [5, 5.41) is 9.59. The van der Waals surface area contributed by atoms with E-state index in [0.717, 1.165) is 13.2 Å². The van der Waals surface area contributed by atoms with Gasteiger partial charge in [0.2, 0.25) is 0 Å². The highest BCUT2D eigenvalue weighted by molar-refractivity contribution is 5.76. The zero-order valence-electron chi connectivity index (χ0n) is 9.05. The second kappa shape index (κ2) is 4.63. The molecule has 16 heavy (non-hydrogen) atoms. The molecule has 0 spiro atoms. The molecule has 86 valence electrons. The number of methoxy groups -OCH3 is 1. The molecule has 0 aliphatic carbocycles. The first-order chi connectivity index (χ1) is 7.72. The Labute approximate surface area is 93.8 Å². The summed E-state index contributed by atoms with van der Waals surface area (Å²) in [6, 6.07) is 7.31. The molecule has 2 rings (SSSR count). The van der Waals surface area contributed by atoms with Crippen LogP contribution in [-0.4, -0.2) is 31.4 Å². The Hall–Kier alpha value is -1.39. The molecule has 1 aromatic rings. The molecule has 0 aromatic heterocycles. The SMILES string of the molecule is COC(=O)C(O)c1ccc(C2COC2)cc1. The Morgan fingerprint density at radius 3 is 2.50 bits per heavy atom. The van der Waals surface area contributed by atoms with Crippen LogP contribution >= 0.6 is 0 Å². The maximum Gasteiger partial charge on any atom is 0.339 e. The third-order valence-corrected chi connectivity index (χ3v) is 2.79. The minimum atomic E-state index is -1.20. The van der Waals surface area contributed by atoms with Gasteiger partial charge in [0, 0.05) is 5.92 Å². The van der Waals surface area contributed by atoms with Gasteiger partial charge in [0.25, 0.3) is 0 Å². The molecule has 4 heteroatoms. The number of hydrogen-bond acceptors (Lipinski definition) is 4. The van der Waals surface area contributed by atoms with E-state index in [-0.39, 0.29) is 0 Å². The first kappa shape index (κ1) is 11.1. The van der Waals surface area contributed by atoms with E-state index in [1.165, 1.54) is 12.7 Å². The summed E-state index contributed by atoms with van der Waals surface area (Å²) in [4.78, 5) is 11.1. The normalized spacial score (nSPS) is 17.6. The highest BCUT2D eigenvalue weighted by Gasteiger charge is 2.22. The van der Waals surface area contributed by atoms with E-state index in [9.17, 15) is 9.90 Å². The molecule has 0 bridgehead atoms. The van der Waals surface area contributed by atoms with Crippen LogP contribution in [0.4, 0.5) is 0 Å². The van der Waals surface area contributed by atoms with Crippen LogP contribution in [0, 0.1) is 0 Å². The van der Waals surface area contributed by atoms with Gasteiger partial charge in [-0.1, -0.05) is 24.3 Å². The van der Waals surface area contributed by atoms with Crippen LogP contribution in [0.5, 0.6) is 0 Å². The third-order valence-electron chi connectivity index (χ3n) is 2.79. The predicted octanol–water partition coefficient (Wildman–Crippen LogP) is 1.01. The Kier molecular flexibility index (Phi) is 3.22. The van der Waals surface area contributed by atoms with Crippen molar-refractivity contribution in [3.8, 4) is 0 Å². The average Bonchev–Trinajstić information content (AvgIpc) is 2.26. The van der Waals surface area contributed by atoms with Crippen molar-refractivity contribution in [3.05, 3.63) is 35.4 Å². The summed E-state index contributed by atoms with van der Waals surface area (Å²) < 4.78 is 9.57. The minimum Gasteiger partial charge on any atom is -0.467 e. The molecule has 1 saturated heterocycles. The van der Waals surface area contributed by atoms with Crippen molar-refractivity contribution in [3.63, 3.8) is 0 Å². The van der Waals surface area contributed by atoms with Gasteiger partial charge in [-0.25, -0.2) is 4.79 Å². The molecule has 4 nitrogen and oxygen atoms in total. The summed E-state index contributed by atoms with van der Waals surface area (Å²) in [5.74, 6) is -0.191. The van der Waals surface area contributed by atoms with Crippen LogP contribution in [0.25, 0.3) is 0 Å². The lowest BCUT2D eigenvalue weighted by Gasteiger charge is -2.26. The quantitative estimate of drug-likeness (QED) is 0.775. The predicted molar refractivity (Wildman–Crippen MR) is 57.0 cm³/mol. The third kappa shape index (κ3) is 2.08. The second-order valence-electron chi connectivity index (χ2n) is 3.83. The number of hydrogen-bond donors (Lipinski definition) is 1. The van der Waals surface area contributed by atoms with E-state index in [1.54, 1.807) is 12.1 Å². The molecule has 1 heterocycles. The van der Waals surface area contributed by atoms with Crippen LogP contribution in [0.3, 0.4) is 0 Å². The van der Waals surface area contributed by atoms with E-state index in [4.69, 9.17) is 4.74 Å². The molecule has 1 fully saturated rings. The van der Waals surface area contributed by atoms with E-state index >= 15 is 0 Å². The Morgan fingerprint density at radius 2 is 2.06 bits per heavy atom. The van der Waals surface area contributed by atoms with Gasteiger partial charge < -0.3 is 14.6 Å². The monoisotopic (exact) mass is 222 g/mol. The molecule has 1 atom stereocenters. The van der Waals surface area contributed by atoms with Crippen molar-refractivity contribution >= 4 is 5.97 Å². The fourth-order valence-electron chi connectivity index (χ4n) is 1.63. The number of esters is 1. The van der Waals surface area contributed by atoms with Crippen molar-refractivity contribution in [2.75, 3.05) is 20.3 Å². The van der Waals surface area contributed by atoms with Crippen molar-refractivity contribution in [1.82, 2.24) is 0 Å².